The number of ether oxygens (including phenoxy) is 2. The molecule has 1 aliphatic heterocycles. The quantitative estimate of drug-likeness (QED) is 0.345. The van der Waals surface area contributed by atoms with Crippen molar-refractivity contribution in [1.82, 2.24) is 19.1 Å². The molecule has 0 spiro atoms. The van der Waals surface area contributed by atoms with Gasteiger partial charge in [0, 0.05) is 31.8 Å². The smallest absolute Gasteiger partial charge is 0.421 e. The molecule has 0 saturated carbocycles. The molecule has 2 aromatic heterocycles. The minimum Gasteiger partial charge on any atom is -0.421 e. The zero-order valence-corrected chi connectivity index (χ0v) is 20.6. The molecule has 0 unspecified atom stereocenters. The van der Waals surface area contributed by atoms with Crippen LogP contribution in [0.2, 0.25) is 0 Å². The molecule has 0 fully saturated rings. The minimum absolute atomic E-state index is 0.000302. The second kappa shape index (κ2) is 8.15. The van der Waals surface area contributed by atoms with Gasteiger partial charge in [0.25, 0.3) is 0 Å². The van der Waals surface area contributed by atoms with Crippen molar-refractivity contribution in [2.45, 2.75) is 24.2 Å². The predicted molar refractivity (Wildman–Crippen MR) is 122 cm³/mol. The van der Waals surface area contributed by atoms with Crippen LogP contribution in [0, 0.1) is 17.1 Å². The number of sulfone groups is 1. The first kappa shape index (κ1) is 25.5. The summed E-state index contributed by atoms with van der Waals surface area (Å²) in [4.78, 5) is 8.71. The van der Waals surface area contributed by atoms with Crippen LogP contribution in [0.3, 0.4) is 0 Å². The van der Waals surface area contributed by atoms with Crippen molar-refractivity contribution in [3.05, 3.63) is 41.7 Å². The lowest BCUT2D eigenvalue weighted by Crippen LogP contribution is -2.52. The number of imidazole rings is 2. The van der Waals surface area contributed by atoms with Crippen LogP contribution in [0.15, 0.2) is 35.4 Å². The van der Waals surface area contributed by atoms with Crippen molar-refractivity contribution < 1.29 is 39.8 Å². The van der Waals surface area contributed by atoms with Crippen molar-refractivity contribution in [2.75, 3.05) is 5.75 Å². The maximum absolute atomic E-state index is 14.2. The molecule has 15 heteroatoms. The van der Waals surface area contributed by atoms with Crippen LogP contribution in [0.1, 0.15) is 12.5 Å². The highest BCUT2D eigenvalue weighted by atomic mass is 32.2. The number of aryl methyl sites for hydroxylation is 1. The van der Waals surface area contributed by atoms with Crippen LogP contribution >= 0.6 is 0 Å². The Labute approximate surface area is 211 Å². The minimum atomic E-state index is -4.93. The number of halogens is 5. The van der Waals surface area contributed by atoms with Crippen LogP contribution < -0.4 is 9.47 Å². The van der Waals surface area contributed by atoms with E-state index in [9.17, 15) is 35.6 Å². The molecule has 38 heavy (non-hydrogen) atoms. The molecule has 198 valence electrons. The van der Waals surface area contributed by atoms with E-state index in [0.29, 0.717) is 0 Å². The van der Waals surface area contributed by atoms with Crippen LogP contribution in [0.25, 0.3) is 33.9 Å². The van der Waals surface area contributed by atoms with Gasteiger partial charge in [0.05, 0.1) is 28.4 Å². The standard InChI is InChI=1S/C23H16F5N5O4S/c1-4-38(34,35)21-18(31-19(33(21)3)12-5-11(10-29)6-13(24)7-12)20-30-14-8-16-17(9-15(14)32(20)2)37-23(27,28)22(25,26)36-16/h5-9H,4H2,1-3H3. The van der Waals surface area contributed by atoms with Crippen molar-refractivity contribution in [3.8, 4) is 40.5 Å². The number of alkyl halides is 4. The molecule has 0 bridgehead atoms. The summed E-state index contributed by atoms with van der Waals surface area (Å²) in [7, 11) is -1.16. The van der Waals surface area contributed by atoms with E-state index < -0.39 is 39.4 Å². The Kier molecular flexibility index (Phi) is 5.46. The predicted octanol–water partition coefficient (Wildman–Crippen LogP) is 4.40. The Hall–Kier alpha value is -4.19. The first-order valence-corrected chi connectivity index (χ1v) is 12.5. The third-order valence-electron chi connectivity index (χ3n) is 5.98. The lowest BCUT2D eigenvalue weighted by Gasteiger charge is -2.31. The Morgan fingerprint density at radius 3 is 2.18 bits per heavy atom. The van der Waals surface area contributed by atoms with E-state index in [1.165, 1.54) is 36.2 Å². The lowest BCUT2D eigenvalue weighted by molar-refractivity contribution is -0.391. The SMILES string of the molecule is CCS(=O)(=O)c1c(-c2nc3cc4c(cc3n2C)OC(F)(F)C(F)(F)O4)nc(-c2cc(F)cc(C#N)c2)n1C. The van der Waals surface area contributed by atoms with Gasteiger partial charge in [0.2, 0.25) is 0 Å². The van der Waals surface area contributed by atoms with Crippen LogP contribution in [0.4, 0.5) is 22.0 Å². The summed E-state index contributed by atoms with van der Waals surface area (Å²) in [5, 5.41) is 8.93. The van der Waals surface area contributed by atoms with Gasteiger partial charge in [0.1, 0.15) is 17.3 Å². The second-order valence-electron chi connectivity index (χ2n) is 8.41. The van der Waals surface area contributed by atoms with Crippen LogP contribution in [-0.2, 0) is 23.9 Å². The van der Waals surface area contributed by atoms with Gasteiger partial charge >= 0.3 is 12.2 Å². The van der Waals surface area contributed by atoms with E-state index in [0.717, 1.165) is 24.3 Å². The number of nitriles is 1. The van der Waals surface area contributed by atoms with Gasteiger partial charge in [-0.3, -0.25) is 0 Å². The van der Waals surface area contributed by atoms with E-state index in [-0.39, 0.29) is 50.3 Å². The fraction of sp³-hybridized carbons (Fsp3) is 0.261. The molecule has 4 aromatic rings. The maximum atomic E-state index is 14.2. The molecule has 0 atom stereocenters. The first-order chi connectivity index (χ1) is 17.7. The highest BCUT2D eigenvalue weighted by Crippen LogP contribution is 2.48. The molecule has 0 N–H and O–H groups in total. The Bertz CT molecular complexity index is 1790. The van der Waals surface area contributed by atoms with E-state index in [4.69, 9.17) is 0 Å². The molecule has 2 aromatic carbocycles. The van der Waals surface area contributed by atoms with E-state index in [1.54, 1.807) is 0 Å². The molecule has 0 radical (unpaired) electrons. The molecule has 3 heterocycles. The lowest BCUT2D eigenvalue weighted by atomic mass is 10.1. The number of benzene rings is 2. The Morgan fingerprint density at radius 2 is 1.58 bits per heavy atom. The molecule has 0 amide bonds. The molecular formula is C23H16F5N5O4S. The van der Waals surface area contributed by atoms with Gasteiger partial charge < -0.3 is 18.6 Å². The summed E-state index contributed by atoms with van der Waals surface area (Å²) in [6, 6.07) is 7.19. The zero-order chi connectivity index (χ0) is 27.8. The Balaban J connectivity index is 1.76. The molecule has 0 aliphatic carbocycles. The number of nitrogens with zero attached hydrogens (tertiary/aromatic N) is 5. The largest absolute Gasteiger partial charge is 0.507 e. The normalized spacial score (nSPS) is 16.0. The van der Waals surface area contributed by atoms with E-state index in [1.807, 2.05) is 6.07 Å². The average molecular weight is 553 g/mol. The monoisotopic (exact) mass is 553 g/mol. The van der Waals surface area contributed by atoms with Crippen molar-refractivity contribution >= 4 is 20.9 Å². The van der Waals surface area contributed by atoms with Gasteiger partial charge in [-0.2, -0.15) is 22.8 Å². The number of rotatable bonds is 4. The van der Waals surface area contributed by atoms with Gasteiger partial charge in [0.15, 0.2) is 32.2 Å². The van der Waals surface area contributed by atoms with Gasteiger partial charge in [-0.05, 0) is 18.2 Å². The number of hydrogen-bond acceptors (Lipinski definition) is 7. The van der Waals surface area contributed by atoms with Gasteiger partial charge in [-0.1, -0.05) is 6.92 Å². The Morgan fingerprint density at radius 1 is 0.947 bits per heavy atom. The van der Waals surface area contributed by atoms with Gasteiger partial charge in [-0.15, -0.1) is 0 Å². The van der Waals surface area contributed by atoms with E-state index >= 15 is 0 Å². The van der Waals surface area contributed by atoms with Crippen molar-refractivity contribution in [2.24, 2.45) is 14.1 Å². The van der Waals surface area contributed by atoms with Crippen molar-refractivity contribution in [3.63, 3.8) is 0 Å². The second-order valence-corrected chi connectivity index (χ2v) is 10.6. The summed E-state index contributed by atoms with van der Waals surface area (Å²) in [6.45, 7) is 1.40. The zero-order valence-electron chi connectivity index (χ0n) is 19.8. The first-order valence-electron chi connectivity index (χ1n) is 10.8. The molecular weight excluding hydrogens is 537 g/mol. The van der Waals surface area contributed by atoms with Crippen molar-refractivity contribution in [1.29, 1.82) is 5.26 Å². The third-order valence-corrected chi connectivity index (χ3v) is 7.79. The summed E-state index contributed by atoms with van der Waals surface area (Å²) in [5.41, 5.74) is 0.0411. The summed E-state index contributed by atoms with van der Waals surface area (Å²) >= 11 is 0. The third kappa shape index (κ3) is 3.74. The maximum Gasteiger partial charge on any atom is 0.507 e. The molecule has 5 rings (SSSR count). The van der Waals surface area contributed by atoms with Crippen LogP contribution in [-0.4, -0.2) is 45.5 Å². The number of aromatic nitrogens is 4. The highest BCUT2D eigenvalue weighted by molar-refractivity contribution is 7.91. The molecule has 9 nitrogen and oxygen atoms in total. The van der Waals surface area contributed by atoms with Gasteiger partial charge in [-0.25, -0.2) is 22.8 Å². The summed E-state index contributed by atoms with van der Waals surface area (Å²) in [5.74, 6) is -2.51. The molecule has 1 aliphatic rings. The van der Waals surface area contributed by atoms with Crippen LogP contribution in [0.5, 0.6) is 11.5 Å². The summed E-state index contributed by atoms with van der Waals surface area (Å²) < 4.78 is 106. The number of hydrogen-bond donors (Lipinski definition) is 0. The number of fused-ring (bicyclic) bond motifs is 2. The molecule has 0 saturated heterocycles. The average Bonchev–Trinajstić information content (AvgIpc) is 3.34. The fourth-order valence-corrected chi connectivity index (χ4v) is 5.34. The highest BCUT2D eigenvalue weighted by Gasteiger charge is 2.66. The summed E-state index contributed by atoms with van der Waals surface area (Å²) in [6.07, 6.45) is -9.86. The fourth-order valence-electron chi connectivity index (χ4n) is 4.13. The van der Waals surface area contributed by atoms with E-state index in [2.05, 4.69) is 19.4 Å². The topological polar surface area (TPSA) is 112 Å².